The van der Waals surface area contributed by atoms with Crippen LogP contribution < -0.4 is 24.4 Å². The van der Waals surface area contributed by atoms with Crippen molar-refractivity contribution in [2.45, 2.75) is 6.54 Å². The lowest BCUT2D eigenvalue weighted by molar-refractivity contribution is -0.121. The minimum absolute atomic E-state index is 0.0518. The number of nitrogens with one attached hydrogen (secondary N) is 1. The lowest BCUT2D eigenvalue weighted by atomic mass is 10.1. The van der Waals surface area contributed by atoms with Gasteiger partial charge >= 0.3 is 0 Å². The lowest BCUT2D eigenvalue weighted by Crippen LogP contribution is -2.38. The van der Waals surface area contributed by atoms with E-state index in [0.717, 1.165) is 0 Å². The molecule has 0 spiro atoms. The predicted octanol–water partition coefficient (Wildman–Crippen LogP) is 3.78. The Morgan fingerprint density at radius 1 is 1.09 bits per heavy atom. The van der Waals surface area contributed by atoms with E-state index in [1.807, 2.05) is 0 Å². The molecular weight excluding hydrogens is 415 g/mol. The van der Waals surface area contributed by atoms with Gasteiger partial charge in [0.15, 0.2) is 24.7 Å². The van der Waals surface area contributed by atoms with Gasteiger partial charge in [-0.25, -0.2) is 4.39 Å². The number of hydrogen-bond donors (Lipinski definition) is 1. The van der Waals surface area contributed by atoms with Gasteiger partial charge in [0.2, 0.25) is 0 Å². The van der Waals surface area contributed by atoms with Gasteiger partial charge in [-0.15, -0.1) is 0 Å². The fourth-order valence-electron chi connectivity index (χ4n) is 3.33. The summed E-state index contributed by atoms with van der Waals surface area (Å²) in [7, 11) is 1.52. The molecule has 1 aliphatic rings. The molecule has 0 bridgehead atoms. The second-order valence-corrected chi connectivity index (χ2v) is 7.03. The topological polar surface area (TPSA) is 77.1 Å². The van der Waals surface area contributed by atoms with Crippen LogP contribution >= 0.6 is 0 Å². The number of nitrogens with zero attached hydrogens (tertiary/aromatic N) is 1. The molecule has 0 atom stereocenters. The standard InChI is InChI=1S/C24H21FN2O5/c1-30-21-8-4-5-9-22(21)31-14-23(28)26-17-10-11-20-19(12-17)27(24(29)15-32-20)13-16-6-2-3-7-18(16)25/h2-12H,13-15H2,1H3,(H,26,28). The van der Waals surface area contributed by atoms with E-state index >= 15 is 0 Å². The Kier molecular flexibility index (Phi) is 6.21. The molecule has 3 aromatic rings. The van der Waals surface area contributed by atoms with Crippen LogP contribution in [0.1, 0.15) is 5.56 Å². The molecule has 0 saturated heterocycles. The Morgan fingerprint density at radius 2 is 1.84 bits per heavy atom. The summed E-state index contributed by atoms with van der Waals surface area (Å²) >= 11 is 0. The molecule has 32 heavy (non-hydrogen) atoms. The monoisotopic (exact) mass is 436 g/mol. The second kappa shape index (κ2) is 9.38. The van der Waals surface area contributed by atoms with Crippen molar-refractivity contribution in [1.82, 2.24) is 0 Å². The van der Waals surface area contributed by atoms with Crippen molar-refractivity contribution < 1.29 is 28.2 Å². The zero-order valence-corrected chi connectivity index (χ0v) is 17.3. The van der Waals surface area contributed by atoms with Gasteiger partial charge in [-0.3, -0.25) is 9.59 Å². The van der Waals surface area contributed by atoms with Gasteiger partial charge in [0, 0.05) is 11.3 Å². The van der Waals surface area contributed by atoms with E-state index in [2.05, 4.69) is 5.32 Å². The van der Waals surface area contributed by atoms with Gasteiger partial charge < -0.3 is 24.4 Å². The number of para-hydroxylation sites is 2. The average molecular weight is 436 g/mol. The quantitative estimate of drug-likeness (QED) is 0.610. The molecule has 164 valence electrons. The molecule has 0 radical (unpaired) electrons. The van der Waals surface area contributed by atoms with Crippen LogP contribution in [-0.4, -0.2) is 32.1 Å². The number of halogens is 1. The van der Waals surface area contributed by atoms with Crippen LogP contribution in [0.5, 0.6) is 17.2 Å². The number of fused-ring (bicyclic) bond motifs is 1. The van der Waals surface area contributed by atoms with Crippen molar-refractivity contribution in [2.24, 2.45) is 0 Å². The van der Waals surface area contributed by atoms with Crippen LogP contribution in [-0.2, 0) is 16.1 Å². The molecule has 0 saturated carbocycles. The van der Waals surface area contributed by atoms with Crippen molar-refractivity contribution in [1.29, 1.82) is 0 Å². The van der Waals surface area contributed by atoms with E-state index in [4.69, 9.17) is 14.2 Å². The predicted molar refractivity (Wildman–Crippen MR) is 117 cm³/mol. The molecule has 4 rings (SSSR count). The molecule has 1 aliphatic heterocycles. The van der Waals surface area contributed by atoms with E-state index in [-0.39, 0.29) is 31.6 Å². The van der Waals surface area contributed by atoms with Crippen molar-refractivity contribution in [3.8, 4) is 17.2 Å². The minimum Gasteiger partial charge on any atom is -0.493 e. The third kappa shape index (κ3) is 4.64. The number of rotatable bonds is 7. The maximum atomic E-state index is 14.1. The third-order valence-corrected chi connectivity index (χ3v) is 4.90. The van der Waals surface area contributed by atoms with Crippen molar-refractivity contribution >= 4 is 23.2 Å². The summed E-state index contributed by atoms with van der Waals surface area (Å²) in [5, 5.41) is 2.74. The molecule has 1 N–H and O–H groups in total. The molecular formula is C24H21FN2O5. The number of benzene rings is 3. The first-order chi connectivity index (χ1) is 15.5. The Labute approximate surface area is 184 Å². The third-order valence-electron chi connectivity index (χ3n) is 4.90. The summed E-state index contributed by atoms with van der Waals surface area (Å²) in [6.07, 6.45) is 0. The van der Waals surface area contributed by atoms with Gasteiger partial charge in [0.1, 0.15) is 11.6 Å². The first-order valence-electron chi connectivity index (χ1n) is 9.91. The van der Waals surface area contributed by atoms with Crippen molar-refractivity contribution in [3.05, 3.63) is 78.1 Å². The Bertz CT molecular complexity index is 1150. The largest absolute Gasteiger partial charge is 0.493 e. The highest BCUT2D eigenvalue weighted by atomic mass is 19.1. The fraction of sp³-hybridized carbons (Fsp3) is 0.167. The van der Waals surface area contributed by atoms with Gasteiger partial charge in [-0.1, -0.05) is 30.3 Å². The van der Waals surface area contributed by atoms with Gasteiger partial charge in [-0.2, -0.15) is 0 Å². The summed E-state index contributed by atoms with van der Waals surface area (Å²) in [4.78, 5) is 26.3. The Hall–Kier alpha value is -4.07. The number of hydrogen-bond acceptors (Lipinski definition) is 5. The smallest absolute Gasteiger partial charge is 0.265 e. The number of amides is 2. The van der Waals surface area contributed by atoms with E-state index in [1.54, 1.807) is 60.7 Å². The molecule has 0 fully saturated rings. The molecule has 0 unspecified atom stereocenters. The van der Waals surface area contributed by atoms with Crippen LogP contribution in [0.15, 0.2) is 66.7 Å². The molecule has 2 amide bonds. The first kappa shape index (κ1) is 21.2. The van der Waals surface area contributed by atoms with Crippen LogP contribution in [0, 0.1) is 5.82 Å². The van der Waals surface area contributed by atoms with Crippen molar-refractivity contribution in [2.75, 3.05) is 30.5 Å². The van der Waals surface area contributed by atoms with E-state index in [9.17, 15) is 14.0 Å². The number of methoxy groups -OCH3 is 1. The highest BCUT2D eigenvalue weighted by Gasteiger charge is 2.27. The molecule has 1 heterocycles. The maximum absolute atomic E-state index is 14.1. The normalized spacial score (nSPS) is 12.6. The van der Waals surface area contributed by atoms with Crippen LogP contribution in [0.25, 0.3) is 0 Å². The highest BCUT2D eigenvalue weighted by Crippen LogP contribution is 2.35. The first-order valence-corrected chi connectivity index (χ1v) is 9.91. The molecule has 8 heteroatoms. The molecule has 3 aromatic carbocycles. The summed E-state index contributed by atoms with van der Waals surface area (Å²) in [6, 6.07) is 18.2. The van der Waals surface area contributed by atoms with E-state index in [1.165, 1.54) is 18.1 Å². The summed E-state index contributed by atoms with van der Waals surface area (Å²) in [5.74, 6) is 0.359. The molecule has 0 aromatic heterocycles. The molecule has 0 aliphatic carbocycles. The van der Waals surface area contributed by atoms with E-state index in [0.29, 0.717) is 34.2 Å². The van der Waals surface area contributed by atoms with E-state index < -0.39 is 5.82 Å². The number of ether oxygens (including phenoxy) is 3. The summed E-state index contributed by atoms with van der Waals surface area (Å²) < 4.78 is 30.4. The van der Waals surface area contributed by atoms with Gasteiger partial charge in [0.05, 0.1) is 19.3 Å². The zero-order valence-electron chi connectivity index (χ0n) is 17.3. The second-order valence-electron chi connectivity index (χ2n) is 7.03. The van der Waals surface area contributed by atoms with Crippen molar-refractivity contribution in [3.63, 3.8) is 0 Å². The summed E-state index contributed by atoms with van der Waals surface area (Å²) in [6.45, 7) is -0.318. The van der Waals surface area contributed by atoms with Gasteiger partial charge in [0.25, 0.3) is 11.8 Å². The maximum Gasteiger partial charge on any atom is 0.265 e. The zero-order chi connectivity index (χ0) is 22.5. The van der Waals surface area contributed by atoms with Crippen LogP contribution in [0.3, 0.4) is 0 Å². The molecule has 7 nitrogen and oxygen atoms in total. The van der Waals surface area contributed by atoms with Crippen LogP contribution in [0.2, 0.25) is 0 Å². The number of carbonyl (C=O) groups excluding carboxylic acids is 2. The number of anilines is 2. The average Bonchev–Trinajstić information content (AvgIpc) is 2.81. The number of carbonyl (C=O) groups is 2. The SMILES string of the molecule is COc1ccccc1OCC(=O)Nc1ccc2c(c1)N(Cc1ccccc1F)C(=O)CO2. The van der Waals surface area contributed by atoms with Gasteiger partial charge in [-0.05, 0) is 36.4 Å². The van der Waals surface area contributed by atoms with Crippen LogP contribution in [0.4, 0.5) is 15.8 Å². The minimum atomic E-state index is -0.397. The lowest BCUT2D eigenvalue weighted by Gasteiger charge is -2.30. The highest BCUT2D eigenvalue weighted by molar-refractivity contribution is 5.99. The Balaban J connectivity index is 1.48. The fourth-order valence-corrected chi connectivity index (χ4v) is 3.33. The Morgan fingerprint density at radius 3 is 2.62 bits per heavy atom. The summed E-state index contributed by atoms with van der Waals surface area (Å²) in [5.41, 5.74) is 1.29.